The van der Waals surface area contributed by atoms with Crippen molar-refractivity contribution in [3.05, 3.63) is 87.1 Å². The second-order valence-corrected chi connectivity index (χ2v) is 9.16. The van der Waals surface area contributed by atoms with E-state index in [2.05, 4.69) is 9.97 Å². The number of rotatable bonds is 3. The fraction of sp³-hybridized carbons (Fsp3) is 0.308. The van der Waals surface area contributed by atoms with E-state index in [4.69, 9.17) is 14.5 Å². The third-order valence-electron chi connectivity index (χ3n) is 6.51. The van der Waals surface area contributed by atoms with Gasteiger partial charge in [0.1, 0.15) is 29.2 Å². The van der Waals surface area contributed by atoms with Crippen molar-refractivity contribution in [2.75, 3.05) is 18.0 Å². The lowest BCUT2D eigenvalue weighted by molar-refractivity contribution is -0.0176. The minimum Gasteiger partial charge on any atom is -0.370 e. The van der Waals surface area contributed by atoms with Gasteiger partial charge in [0.05, 0.1) is 36.1 Å². The van der Waals surface area contributed by atoms with E-state index in [1.54, 1.807) is 12.3 Å². The highest BCUT2D eigenvalue weighted by molar-refractivity contribution is 5.65. The van der Waals surface area contributed by atoms with Crippen LogP contribution >= 0.6 is 0 Å². The molecule has 2 aliphatic heterocycles. The number of halogens is 2. The number of nitrogens with zero attached hydrogens (tertiary/aromatic N) is 5. The van der Waals surface area contributed by atoms with Crippen LogP contribution < -0.4 is 10.5 Å². The Morgan fingerprint density at radius 2 is 1.92 bits per heavy atom. The monoisotopic (exact) mass is 491 g/mol. The average molecular weight is 491 g/mol. The van der Waals surface area contributed by atoms with Crippen LogP contribution in [0.15, 0.2) is 47.4 Å². The maximum atomic E-state index is 14.9. The predicted octanol–water partition coefficient (Wildman–Crippen LogP) is 3.73. The van der Waals surface area contributed by atoms with Crippen LogP contribution in [0.3, 0.4) is 0 Å². The summed E-state index contributed by atoms with van der Waals surface area (Å²) in [6.07, 6.45) is 1.40. The van der Waals surface area contributed by atoms with Crippen molar-refractivity contribution in [2.24, 2.45) is 0 Å². The first-order valence-electron chi connectivity index (χ1n) is 11.7. The van der Waals surface area contributed by atoms with Crippen LogP contribution in [0.5, 0.6) is 0 Å². The number of aryl methyl sites for hydroxylation is 1. The van der Waals surface area contributed by atoms with Gasteiger partial charge in [-0.3, -0.25) is 9.78 Å². The zero-order valence-corrected chi connectivity index (χ0v) is 19.7. The second kappa shape index (κ2) is 8.72. The molecule has 0 N–H and O–H groups in total. The quantitative estimate of drug-likeness (QED) is 0.432. The molecule has 2 unspecified atom stereocenters. The van der Waals surface area contributed by atoms with Crippen LogP contribution in [0.2, 0.25) is 0 Å². The summed E-state index contributed by atoms with van der Waals surface area (Å²) in [5.74, 6) is -0.952. The van der Waals surface area contributed by atoms with Gasteiger partial charge in [0.2, 0.25) is 0 Å². The molecule has 0 saturated carbocycles. The molecule has 0 radical (unpaired) electrons. The highest BCUT2D eigenvalue weighted by Crippen LogP contribution is 2.31. The maximum Gasteiger partial charge on any atom is 0.265 e. The number of pyridine rings is 1. The van der Waals surface area contributed by atoms with E-state index in [1.165, 1.54) is 10.5 Å². The molecule has 5 heterocycles. The smallest absolute Gasteiger partial charge is 0.265 e. The number of fused-ring (bicyclic) bond motifs is 2. The molecule has 1 saturated heterocycles. The first-order valence-corrected chi connectivity index (χ1v) is 11.7. The second-order valence-electron chi connectivity index (χ2n) is 9.16. The summed E-state index contributed by atoms with van der Waals surface area (Å²) in [6.45, 7) is 5.28. The van der Waals surface area contributed by atoms with Crippen molar-refractivity contribution in [1.29, 1.82) is 0 Å². The Balaban J connectivity index is 1.52. The van der Waals surface area contributed by atoms with Crippen molar-refractivity contribution >= 4 is 11.5 Å². The largest absolute Gasteiger partial charge is 0.370 e. The van der Waals surface area contributed by atoms with Crippen LogP contribution in [0.1, 0.15) is 35.5 Å². The molecule has 0 bridgehead atoms. The first kappa shape index (κ1) is 22.7. The number of ether oxygens (including phenoxy) is 2. The Hall–Kier alpha value is -3.76. The summed E-state index contributed by atoms with van der Waals surface area (Å²) in [5.41, 5.74) is 2.82. The lowest BCUT2D eigenvalue weighted by Crippen LogP contribution is -2.43. The third-order valence-corrected chi connectivity index (χ3v) is 6.51. The standard InChI is InChI=1S/C26H23F2N5O3/c1-14-7-16(5-6-29-14)22-11-32(10-15(2)36-22)23-9-24-30-21-13-35-12-19(21)26(34)33(24)25(31-23)18-4-3-17(27)8-20(18)28/h3-9,15,22H,10-13H2,1-2H3. The normalized spacial score (nSPS) is 19.6. The molecule has 4 aromatic rings. The minimum absolute atomic E-state index is 0.00799. The molecular weight excluding hydrogens is 468 g/mol. The highest BCUT2D eigenvalue weighted by atomic mass is 19.1. The van der Waals surface area contributed by atoms with Crippen molar-refractivity contribution in [2.45, 2.75) is 39.3 Å². The Bertz CT molecular complexity index is 1560. The molecule has 184 valence electrons. The van der Waals surface area contributed by atoms with Gasteiger partial charge in [-0.15, -0.1) is 0 Å². The number of aromatic nitrogens is 4. The molecule has 1 fully saturated rings. The predicted molar refractivity (Wildman–Crippen MR) is 128 cm³/mol. The summed E-state index contributed by atoms with van der Waals surface area (Å²) in [5, 5.41) is 0. The summed E-state index contributed by atoms with van der Waals surface area (Å²) >= 11 is 0. The number of benzene rings is 1. The number of hydrogen-bond donors (Lipinski definition) is 0. The van der Waals surface area contributed by atoms with E-state index in [0.717, 1.165) is 23.4 Å². The van der Waals surface area contributed by atoms with E-state index >= 15 is 0 Å². The Morgan fingerprint density at radius 1 is 1.06 bits per heavy atom. The zero-order chi connectivity index (χ0) is 25.0. The van der Waals surface area contributed by atoms with Gasteiger partial charge in [-0.1, -0.05) is 0 Å². The topological polar surface area (TPSA) is 81.9 Å². The van der Waals surface area contributed by atoms with Crippen LogP contribution in [0, 0.1) is 18.6 Å². The fourth-order valence-corrected chi connectivity index (χ4v) is 4.84. The van der Waals surface area contributed by atoms with Crippen molar-refractivity contribution < 1.29 is 18.3 Å². The summed E-state index contributed by atoms with van der Waals surface area (Å²) < 4.78 is 41.6. The molecule has 0 aliphatic carbocycles. The average Bonchev–Trinajstić information content (AvgIpc) is 3.32. The van der Waals surface area contributed by atoms with Crippen LogP contribution in [-0.2, 0) is 22.7 Å². The molecule has 2 atom stereocenters. The summed E-state index contributed by atoms with van der Waals surface area (Å²) in [4.78, 5) is 29.1. The lowest BCUT2D eigenvalue weighted by Gasteiger charge is -2.38. The van der Waals surface area contributed by atoms with E-state index < -0.39 is 11.6 Å². The molecule has 6 rings (SSSR count). The van der Waals surface area contributed by atoms with E-state index in [0.29, 0.717) is 35.8 Å². The molecule has 36 heavy (non-hydrogen) atoms. The van der Waals surface area contributed by atoms with Crippen molar-refractivity contribution in [1.82, 2.24) is 19.4 Å². The van der Waals surface area contributed by atoms with Gasteiger partial charge in [-0.25, -0.2) is 23.1 Å². The summed E-state index contributed by atoms with van der Waals surface area (Å²) in [7, 11) is 0. The van der Waals surface area contributed by atoms with Crippen LogP contribution in [0.4, 0.5) is 14.6 Å². The van der Waals surface area contributed by atoms with Crippen LogP contribution in [-0.4, -0.2) is 38.5 Å². The van der Waals surface area contributed by atoms with Gasteiger partial charge in [-0.05, 0) is 43.7 Å². The van der Waals surface area contributed by atoms with Gasteiger partial charge >= 0.3 is 0 Å². The highest BCUT2D eigenvalue weighted by Gasteiger charge is 2.30. The number of anilines is 1. The molecule has 0 amide bonds. The third kappa shape index (κ3) is 3.92. The summed E-state index contributed by atoms with van der Waals surface area (Å²) in [6, 6.07) is 8.84. The van der Waals surface area contributed by atoms with E-state index in [-0.39, 0.29) is 42.4 Å². The fourth-order valence-electron chi connectivity index (χ4n) is 4.84. The maximum absolute atomic E-state index is 14.9. The van der Waals surface area contributed by atoms with Crippen molar-refractivity contribution in [3.63, 3.8) is 0 Å². The molecule has 1 aromatic carbocycles. The van der Waals surface area contributed by atoms with E-state index in [9.17, 15) is 13.6 Å². The van der Waals surface area contributed by atoms with Gasteiger partial charge in [0.15, 0.2) is 5.82 Å². The van der Waals surface area contributed by atoms with Gasteiger partial charge in [0.25, 0.3) is 5.56 Å². The lowest BCUT2D eigenvalue weighted by atomic mass is 10.1. The minimum atomic E-state index is -0.815. The molecule has 0 spiro atoms. The SMILES string of the molecule is Cc1cc(C2CN(c3cc4nc5c(c(=O)n4c(-c4ccc(F)cc4F)n3)COC5)CC(C)O2)ccn1. The molecule has 3 aromatic heterocycles. The molecule has 2 aliphatic rings. The van der Waals surface area contributed by atoms with E-state index in [1.807, 2.05) is 30.9 Å². The van der Waals surface area contributed by atoms with Gasteiger partial charge in [-0.2, -0.15) is 0 Å². The Labute approximate surface area is 205 Å². The number of hydrogen-bond acceptors (Lipinski definition) is 7. The zero-order valence-electron chi connectivity index (χ0n) is 19.7. The van der Waals surface area contributed by atoms with Crippen LogP contribution in [0.25, 0.3) is 17.0 Å². The molecular formula is C26H23F2N5O3. The van der Waals surface area contributed by atoms with Crippen molar-refractivity contribution in [3.8, 4) is 11.4 Å². The van der Waals surface area contributed by atoms with Gasteiger partial charge in [0, 0.05) is 37.1 Å². The Morgan fingerprint density at radius 3 is 2.72 bits per heavy atom. The number of morpholine rings is 1. The molecule has 8 nitrogen and oxygen atoms in total. The van der Waals surface area contributed by atoms with Gasteiger partial charge < -0.3 is 14.4 Å². The Kier molecular flexibility index (Phi) is 5.50. The molecule has 10 heteroatoms. The first-order chi connectivity index (χ1) is 17.4.